The van der Waals surface area contributed by atoms with E-state index in [1.165, 1.54) is 6.07 Å². The third kappa shape index (κ3) is 3.01. The molecule has 1 fully saturated rings. The predicted octanol–water partition coefficient (Wildman–Crippen LogP) is 1.11. The van der Waals surface area contributed by atoms with Crippen LogP contribution in [0.15, 0.2) is 29.2 Å². The van der Waals surface area contributed by atoms with Crippen molar-refractivity contribution in [2.75, 3.05) is 12.3 Å². The summed E-state index contributed by atoms with van der Waals surface area (Å²) in [6.07, 6.45) is 1.46. The van der Waals surface area contributed by atoms with E-state index >= 15 is 0 Å². The van der Waals surface area contributed by atoms with Crippen LogP contribution in [0.3, 0.4) is 0 Å². The number of benzene rings is 1. The zero-order valence-electron chi connectivity index (χ0n) is 10.3. The minimum Gasteiger partial charge on any atom is -0.398 e. The Kier molecular flexibility index (Phi) is 3.89. The zero-order chi connectivity index (χ0) is 13.2. The van der Waals surface area contributed by atoms with Crippen molar-refractivity contribution in [1.29, 1.82) is 0 Å². The van der Waals surface area contributed by atoms with Gasteiger partial charge in [0.25, 0.3) is 0 Å². The highest BCUT2D eigenvalue weighted by Gasteiger charge is 2.25. The quantitative estimate of drug-likeness (QED) is 0.806. The van der Waals surface area contributed by atoms with E-state index in [0.29, 0.717) is 19.4 Å². The highest BCUT2D eigenvalue weighted by atomic mass is 32.2. The molecule has 0 amide bonds. The van der Waals surface area contributed by atoms with Gasteiger partial charge in [-0.25, -0.2) is 13.1 Å². The average molecular weight is 270 g/mol. The van der Waals surface area contributed by atoms with E-state index in [1.807, 2.05) is 6.92 Å². The van der Waals surface area contributed by atoms with E-state index in [2.05, 4.69) is 4.72 Å². The minimum atomic E-state index is -3.54. The van der Waals surface area contributed by atoms with Crippen LogP contribution >= 0.6 is 0 Å². The summed E-state index contributed by atoms with van der Waals surface area (Å²) in [7, 11) is -3.54. The van der Waals surface area contributed by atoms with Gasteiger partial charge in [-0.3, -0.25) is 0 Å². The van der Waals surface area contributed by atoms with Crippen LogP contribution in [0.4, 0.5) is 5.69 Å². The minimum absolute atomic E-state index is 0.0829. The molecule has 0 saturated carbocycles. The summed E-state index contributed by atoms with van der Waals surface area (Å²) in [5.74, 6) is 0. The van der Waals surface area contributed by atoms with Crippen molar-refractivity contribution in [1.82, 2.24) is 4.72 Å². The van der Waals surface area contributed by atoms with Gasteiger partial charge in [0.1, 0.15) is 4.90 Å². The molecule has 2 rings (SSSR count). The van der Waals surface area contributed by atoms with Gasteiger partial charge in [-0.15, -0.1) is 0 Å². The summed E-state index contributed by atoms with van der Waals surface area (Å²) in [5.41, 5.74) is 5.96. The molecule has 0 spiro atoms. The summed E-state index contributed by atoms with van der Waals surface area (Å²) in [6.45, 7) is 2.52. The molecule has 1 aliphatic heterocycles. The van der Waals surface area contributed by atoms with Crippen LogP contribution in [0, 0.1) is 0 Å². The molecule has 100 valence electrons. The van der Waals surface area contributed by atoms with Crippen molar-refractivity contribution in [2.24, 2.45) is 0 Å². The molecular weight excluding hydrogens is 252 g/mol. The van der Waals surface area contributed by atoms with E-state index in [9.17, 15) is 8.42 Å². The first-order chi connectivity index (χ1) is 8.49. The lowest BCUT2D eigenvalue weighted by molar-refractivity contribution is 0.0173. The number of ether oxygens (including phenoxy) is 1. The molecule has 1 aliphatic rings. The molecular formula is C12H18N2O3S. The largest absolute Gasteiger partial charge is 0.398 e. The number of nitrogens with two attached hydrogens (primary N) is 1. The fraction of sp³-hybridized carbons (Fsp3) is 0.500. The molecule has 0 bridgehead atoms. The number of hydrogen-bond acceptors (Lipinski definition) is 4. The average Bonchev–Trinajstić information content (AvgIpc) is 2.28. The highest BCUT2D eigenvalue weighted by molar-refractivity contribution is 7.89. The van der Waals surface area contributed by atoms with Crippen molar-refractivity contribution in [3.05, 3.63) is 24.3 Å². The van der Waals surface area contributed by atoms with Crippen molar-refractivity contribution in [2.45, 2.75) is 36.8 Å². The number of nitrogens with one attached hydrogen (secondary N) is 1. The zero-order valence-corrected chi connectivity index (χ0v) is 11.1. The van der Waals surface area contributed by atoms with Gasteiger partial charge in [0, 0.05) is 12.6 Å². The van der Waals surface area contributed by atoms with Crippen molar-refractivity contribution < 1.29 is 13.2 Å². The summed E-state index contributed by atoms with van der Waals surface area (Å²) in [4.78, 5) is 0.143. The maximum atomic E-state index is 12.2. The Balaban J connectivity index is 2.15. The molecule has 2 unspecified atom stereocenters. The van der Waals surface area contributed by atoms with E-state index in [4.69, 9.17) is 10.5 Å². The fourth-order valence-corrected chi connectivity index (χ4v) is 3.53. The Morgan fingerprint density at radius 3 is 2.78 bits per heavy atom. The number of anilines is 1. The monoisotopic (exact) mass is 270 g/mol. The van der Waals surface area contributed by atoms with Gasteiger partial charge < -0.3 is 10.5 Å². The molecule has 1 aromatic rings. The summed E-state index contributed by atoms with van der Waals surface area (Å²) in [6, 6.07) is 6.39. The van der Waals surface area contributed by atoms with E-state index in [0.717, 1.165) is 0 Å². The Hall–Kier alpha value is -1.11. The molecule has 1 saturated heterocycles. The van der Waals surface area contributed by atoms with Crippen LogP contribution in [0.2, 0.25) is 0 Å². The predicted molar refractivity (Wildman–Crippen MR) is 69.6 cm³/mol. The molecule has 3 N–H and O–H groups in total. The SMILES string of the molecule is CC1CC(NS(=O)(=O)c2ccccc2N)CCO1. The number of sulfonamides is 1. The van der Waals surface area contributed by atoms with Crippen LogP contribution in [0.25, 0.3) is 0 Å². The molecule has 0 radical (unpaired) electrons. The van der Waals surface area contributed by atoms with Gasteiger partial charge in [-0.05, 0) is 31.9 Å². The van der Waals surface area contributed by atoms with Crippen LogP contribution in [0.5, 0.6) is 0 Å². The van der Waals surface area contributed by atoms with E-state index in [-0.39, 0.29) is 22.7 Å². The van der Waals surface area contributed by atoms with Crippen LogP contribution in [0.1, 0.15) is 19.8 Å². The van der Waals surface area contributed by atoms with Crippen molar-refractivity contribution >= 4 is 15.7 Å². The Bertz CT molecular complexity index is 516. The molecule has 18 heavy (non-hydrogen) atoms. The number of hydrogen-bond donors (Lipinski definition) is 2. The van der Waals surface area contributed by atoms with Gasteiger partial charge in [-0.2, -0.15) is 0 Å². The van der Waals surface area contributed by atoms with Gasteiger partial charge in [-0.1, -0.05) is 12.1 Å². The maximum absolute atomic E-state index is 12.2. The standard InChI is InChI=1S/C12H18N2O3S/c1-9-8-10(6-7-17-9)14-18(15,16)12-5-3-2-4-11(12)13/h2-5,9-10,14H,6-8,13H2,1H3. The van der Waals surface area contributed by atoms with Crippen LogP contribution in [-0.2, 0) is 14.8 Å². The molecule has 2 atom stereocenters. The summed E-state index contributed by atoms with van der Waals surface area (Å²) in [5, 5.41) is 0. The molecule has 1 aromatic carbocycles. The van der Waals surface area contributed by atoms with Gasteiger partial charge in [0.15, 0.2) is 0 Å². The number of para-hydroxylation sites is 1. The fourth-order valence-electron chi connectivity index (χ4n) is 2.11. The van der Waals surface area contributed by atoms with E-state index < -0.39 is 10.0 Å². The van der Waals surface area contributed by atoms with Gasteiger partial charge in [0.05, 0.1) is 11.8 Å². The Morgan fingerprint density at radius 1 is 1.39 bits per heavy atom. The molecule has 6 heteroatoms. The summed E-state index contributed by atoms with van der Waals surface area (Å²) < 4.78 is 32.5. The first-order valence-electron chi connectivity index (χ1n) is 5.97. The number of rotatable bonds is 3. The number of nitrogen functional groups attached to an aromatic ring is 1. The lowest BCUT2D eigenvalue weighted by Crippen LogP contribution is -2.41. The smallest absolute Gasteiger partial charge is 0.242 e. The normalized spacial score (nSPS) is 24.9. The Morgan fingerprint density at radius 2 is 2.11 bits per heavy atom. The third-order valence-electron chi connectivity index (χ3n) is 3.02. The van der Waals surface area contributed by atoms with Crippen LogP contribution < -0.4 is 10.5 Å². The lowest BCUT2D eigenvalue weighted by atomic mass is 10.1. The van der Waals surface area contributed by atoms with Crippen LogP contribution in [-0.4, -0.2) is 27.2 Å². The highest BCUT2D eigenvalue weighted by Crippen LogP contribution is 2.20. The van der Waals surface area contributed by atoms with Crippen molar-refractivity contribution in [3.63, 3.8) is 0 Å². The lowest BCUT2D eigenvalue weighted by Gasteiger charge is -2.27. The van der Waals surface area contributed by atoms with Gasteiger partial charge in [0.2, 0.25) is 10.0 Å². The second-order valence-corrected chi connectivity index (χ2v) is 6.24. The second kappa shape index (κ2) is 5.26. The molecule has 0 aliphatic carbocycles. The first-order valence-corrected chi connectivity index (χ1v) is 7.46. The second-order valence-electron chi connectivity index (χ2n) is 4.56. The van der Waals surface area contributed by atoms with E-state index in [1.54, 1.807) is 18.2 Å². The first kappa shape index (κ1) is 13.3. The molecule has 1 heterocycles. The van der Waals surface area contributed by atoms with Gasteiger partial charge >= 0.3 is 0 Å². The van der Waals surface area contributed by atoms with Crippen molar-refractivity contribution in [3.8, 4) is 0 Å². The topological polar surface area (TPSA) is 81.4 Å². The third-order valence-corrected chi connectivity index (χ3v) is 4.61. The summed E-state index contributed by atoms with van der Waals surface area (Å²) >= 11 is 0. The molecule has 5 nitrogen and oxygen atoms in total. The maximum Gasteiger partial charge on any atom is 0.242 e. The molecule has 0 aromatic heterocycles. The Labute approximate surface area is 107 Å².